The van der Waals surface area contributed by atoms with E-state index in [2.05, 4.69) is 26.8 Å². The van der Waals surface area contributed by atoms with Gasteiger partial charge in [-0.15, -0.1) is 10.2 Å². The summed E-state index contributed by atoms with van der Waals surface area (Å²) in [6.07, 6.45) is 0.692. The maximum absolute atomic E-state index is 12.3. The molecule has 1 N–H and O–H groups in total. The summed E-state index contributed by atoms with van der Waals surface area (Å²) in [4.78, 5) is 23.7. The smallest absolute Gasteiger partial charge is 0.269 e. The van der Waals surface area contributed by atoms with Crippen LogP contribution in [0.3, 0.4) is 0 Å². The lowest BCUT2D eigenvalue weighted by molar-refractivity contribution is -0.384. The van der Waals surface area contributed by atoms with E-state index in [0.29, 0.717) is 18.7 Å². The van der Waals surface area contributed by atoms with Crippen LogP contribution in [0.5, 0.6) is 0 Å². The third-order valence-corrected chi connectivity index (χ3v) is 4.65. The maximum Gasteiger partial charge on any atom is 0.269 e. The minimum absolute atomic E-state index is 0.0213. The van der Waals surface area contributed by atoms with E-state index in [-0.39, 0.29) is 30.1 Å². The van der Waals surface area contributed by atoms with Gasteiger partial charge in [-0.25, -0.2) is 0 Å². The number of nitrogens with one attached hydrogen (secondary N) is 1. The molecule has 1 aromatic heterocycles. The number of rotatable bonds is 6. The van der Waals surface area contributed by atoms with E-state index in [1.165, 1.54) is 34.6 Å². The normalized spacial score (nSPS) is 15.5. The summed E-state index contributed by atoms with van der Waals surface area (Å²) in [5.74, 6) is 0.0292. The molecule has 0 saturated heterocycles. The molecule has 0 radical (unpaired) electrons. The molecule has 2 aromatic carbocycles. The number of ether oxygens (including phenoxy) is 1. The highest BCUT2D eigenvalue weighted by atomic mass is 16.6. The quantitative estimate of drug-likeness (QED) is 0.498. The number of amides is 1. The molecule has 1 aliphatic heterocycles. The fraction of sp³-hybridized carbons (Fsp3) is 0.263. The number of hydrogen-bond acceptors (Lipinski definition) is 7. The van der Waals surface area contributed by atoms with E-state index >= 15 is 0 Å². The van der Waals surface area contributed by atoms with Crippen molar-refractivity contribution in [3.8, 4) is 11.4 Å². The Labute approximate surface area is 165 Å². The van der Waals surface area contributed by atoms with Crippen molar-refractivity contribution in [3.63, 3.8) is 0 Å². The average molecular weight is 394 g/mol. The first kappa shape index (κ1) is 18.7. The van der Waals surface area contributed by atoms with Crippen LogP contribution in [0.25, 0.3) is 11.4 Å². The second kappa shape index (κ2) is 8.15. The Hall–Kier alpha value is -3.66. The highest BCUT2D eigenvalue weighted by Crippen LogP contribution is 2.26. The summed E-state index contributed by atoms with van der Waals surface area (Å²) in [7, 11) is 0. The lowest BCUT2D eigenvalue weighted by atomic mass is 9.97. The maximum atomic E-state index is 12.3. The molecule has 1 aliphatic rings. The lowest BCUT2D eigenvalue weighted by Crippen LogP contribution is -2.34. The van der Waals surface area contributed by atoms with Crippen LogP contribution in [0.2, 0.25) is 0 Å². The van der Waals surface area contributed by atoms with E-state index in [1.807, 2.05) is 18.2 Å². The molecule has 29 heavy (non-hydrogen) atoms. The first-order valence-corrected chi connectivity index (χ1v) is 9.09. The van der Waals surface area contributed by atoms with E-state index in [4.69, 9.17) is 4.74 Å². The predicted octanol–water partition coefficient (Wildman–Crippen LogP) is 1.68. The summed E-state index contributed by atoms with van der Waals surface area (Å²) in [6, 6.07) is 13.9. The summed E-state index contributed by atoms with van der Waals surface area (Å²) in [5.41, 5.74) is 2.89. The van der Waals surface area contributed by atoms with E-state index in [1.54, 1.807) is 0 Å². The molecule has 0 unspecified atom stereocenters. The van der Waals surface area contributed by atoms with Gasteiger partial charge in [0.25, 0.3) is 5.69 Å². The van der Waals surface area contributed by atoms with Crippen molar-refractivity contribution in [2.75, 3.05) is 13.2 Å². The van der Waals surface area contributed by atoms with E-state index < -0.39 is 4.92 Å². The van der Waals surface area contributed by atoms with Gasteiger partial charge in [-0.1, -0.05) is 24.3 Å². The van der Waals surface area contributed by atoms with Gasteiger partial charge in [-0.05, 0) is 34.9 Å². The van der Waals surface area contributed by atoms with Crippen LogP contribution in [-0.4, -0.2) is 44.2 Å². The highest BCUT2D eigenvalue weighted by molar-refractivity contribution is 5.75. The second-order valence-electron chi connectivity index (χ2n) is 6.56. The van der Waals surface area contributed by atoms with Gasteiger partial charge in [0.05, 0.1) is 11.5 Å². The Morgan fingerprint density at radius 1 is 1.24 bits per heavy atom. The molecular weight excluding hydrogens is 376 g/mol. The van der Waals surface area contributed by atoms with E-state index in [9.17, 15) is 14.9 Å². The van der Waals surface area contributed by atoms with Crippen molar-refractivity contribution >= 4 is 11.6 Å². The van der Waals surface area contributed by atoms with Crippen LogP contribution < -0.4 is 5.32 Å². The molecule has 0 bridgehead atoms. The molecule has 0 fully saturated rings. The number of aromatic nitrogens is 4. The van der Waals surface area contributed by atoms with Gasteiger partial charge in [-0.3, -0.25) is 14.9 Å². The van der Waals surface area contributed by atoms with Crippen LogP contribution in [0, 0.1) is 10.1 Å². The molecule has 0 saturated carbocycles. The average Bonchev–Trinajstić information content (AvgIpc) is 3.20. The summed E-state index contributed by atoms with van der Waals surface area (Å²) >= 11 is 0. The number of tetrazole rings is 1. The molecule has 2 heterocycles. The first-order chi connectivity index (χ1) is 14.1. The SMILES string of the molecule is O=C(Cn1nnc(-c2ccc([N+](=O)[O-])cc2)n1)NC[C@@H]1OCCc2ccccc21. The molecule has 148 valence electrons. The zero-order valence-corrected chi connectivity index (χ0v) is 15.4. The topological polar surface area (TPSA) is 125 Å². The van der Waals surface area contributed by atoms with Gasteiger partial charge < -0.3 is 10.1 Å². The summed E-state index contributed by atoms with van der Waals surface area (Å²) in [6.45, 7) is 0.898. The number of nitrogens with zero attached hydrogens (tertiary/aromatic N) is 5. The summed E-state index contributed by atoms with van der Waals surface area (Å²) in [5, 5.41) is 25.5. The van der Waals surface area contributed by atoms with Crippen LogP contribution >= 0.6 is 0 Å². The number of fused-ring (bicyclic) bond motifs is 1. The molecule has 3 aromatic rings. The van der Waals surface area contributed by atoms with Crippen LogP contribution in [0.4, 0.5) is 5.69 Å². The Morgan fingerprint density at radius 2 is 2.03 bits per heavy atom. The Balaban J connectivity index is 1.34. The lowest BCUT2D eigenvalue weighted by Gasteiger charge is -2.26. The van der Waals surface area contributed by atoms with Crippen LogP contribution in [0.15, 0.2) is 48.5 Å². The predicted molar refractivity (Wildman–Crippen MR) is 102 cm³/mol. The Kier molecular flexibility index (Phi) is 5.25. The number of carbonyl (C=O) groups excluding carboxylic acids is 1. The molecule has 10 heteroatoms. The monoisotopic (exact) mass is 394 g/mol. The molecule has 10 nitrogen and oxygen atoms in total. The fourth-order valence-electron chi connectivity index (χ4n) is 3.19. The zero-order valence-electron chi connectivity index (χ0n) is 15.4. The van der Waals surface area contributed by atoms with Crippen molar-refractivity contribution in [2.45, 2.75) is 19.1 Å². The Morgan fingerprint density at radius 3 is 2.83 bits per heavy atom. The van der Waals surface area contributed by atoms with E-state index in [0.717, 1.165) is 12.0 Å². The molecule has 0 spiro atoms. The number of nitro benzene ring substituents is 1. The third-order valence-electron chi connectivity index (χ3n) is 4.65. The molecule has 0 aliphatic carbocycles. The molecular formula is C19H18N6O4. The van der Waals surface area contributed by atoms with Crippen molar-refractivity contribution in [1.82, 2.24) is 25.5 Å². The van der Waals surface area contributed by atoms with Gasteiger partial charge in [0.2, 0.25) is 11.7 Å². The van der Waals surface area contributed by atoms with Crippen molar-refractivity contribution in [2.24, 2.45) is 0 Å². The van der Waals surface area contributed by atoms with Crippen LogP contribution in [-0.2, 0) is 22.5 Å². The van der Waals surface area contributed by atoms with Crippen molar-refractivity contribution < 1.29 is 14.5 Å². The second-order valence-corrected chi connectivity index (χ2v) is 6.56. The first-order valence-electron chi connectivity index (χ1n) is 9.09. The standard InChI is InChI=1S/C19H18N6O4/c26-18(20-11-17-16-4-2-1-3-13(16)9-10-29-17)12-24-22-19(21-23-24)14-5-7-15(8-6-14)25(27)28/h1-8,17H,9-12H2,(H,20,26)/t17-/m0/s1. The largest absolute Gasteiger partial charge is 0.371 e. The minimum Gasteiger partial charge on any atom is -0.371 e. The number of non-ortho nitro benzene ring substituents is 1. The molecule has 1 atom stereocenters. The molecule has 4 rings (SSSR count). The highest BCUT2D eigenvalue weighted by Gasteiger charge is 2.21. The minimum atomic E-state index is -0.479. The van der Waals surface area contributed by atoms with Gasteiger partial charge in [-0.2, -0.15) is 4.80 Å². The number of hydrogen-bond donors (Lipinski definition) is 1. The van der Waals surface area contributed by atoms with Crippen molar-refractivity contribution in [1.29, 1.82) is 0 Å². The summed E-state index contributed by atoms with van der Waals surface area (Å²) < 4.78 is 5.78. The third kappa shape index (κ3) is 4.27. The number of carbonyl (C=O) groups is 1. The van der Waals surface area contributed by atoms with Gasteiger partial charge >= 0.3 is 0 Å². The fourth-order valence-corrected chi connectivity index (χ4v) is 3.19. The van der Waals surface area contributed by atoms with Crippen molar-refractivity contribution in [3.05, 3.63) is 69.8 Å². The van der Waals surface area contributed by atoms with Crippen LogP contribution in [0.1, 0.15) is 17.2 Å². The van der Waals surface area contributed by atoms with Gasteiger partial charge in [0.15, 0.2) is 0 Å². The zero-order chi connectivity index (χ0) is 20.2. The number of benzene rings is 2. The molecule has 1 amide bonds. The Bertz CT molecular complexity index is 1030. The number of nitro groups is 1. The van der Waals surface area contributed by atoms with Gasteiger partial charge in [0.1, 0.15) is 12.6 Å². The van der Waals surface area contributed by atoms with Gasteiger partial charge in [0, 0.05) is 24.2 Å².